The van der Waals surface area contributed by atoms with Crippen molar-refractivity contribution >= 4 is 22.6 Å². The van der Waals surface area contributed by atoms with Gasteiger partial charge < -0.3 is 9.80 Å². The summed E-state index contributed by atoms with van der Waals surface area (Å²) in [5.41, 5.74) is 0. The van der Waals surface area contributed by atoms with Crippen LogP contribution in [0.25, 0.3) is 0 Å². The molecule has 3 heterocycles. The molecule has 0 bridgehead atoms. The second kappa shape index (κ2) is 4.98. The summed E-state index contributed by atoms with van der Waals surface area (Å²) < 4.78 is 4.46. The third kappa shape index (κ3) is 2.30. The number of nitrogens with zero attached hydrogens (tertiary/aromatic N) is 4. The van der Waals surface area contributed by atoms with Gasteiger partial charge in [-0.3, -0.25) is 4.79 Å². The lowest BCUT2D eigenvalue weighted by molar-refractivity contribution is -0.133. The highest BCUT2D eigenvalue weighted by Gasteiger charge is 2.34. The van der Waals surface area contributed by atoms with E-state index in [1.54, 1.807) is 0 Å². The summed E-state index contributed by atoms with van der Waals surface area (Å²) in [6.07, 6.45) is 5.79. The van der Waals surface area contributed by atoms with E-state index in [1.165, 1.54) is 37.2 Å². The third-order valence-corrected chi connectivity index (χ3v) is 5.39. The molecule has 1 saturated carbocycles. The molecule has 1 aliphatic carbocycles. The summed E-state index contributed by atoms with van der Waals surface area (Å²) in [6, 6.07) is 0. The Morgan fingerprint density at radius 1 is 1.15 bits per heavy atom. The molecule has 1 aromatic rings. The molecule has 4 rings (SSSR count). The zero-order valence-corrected chi connectivity index (χ0v) is 12.4. The van der Waals surface area contributed by atoms with Gasteiger partial charge in [-0.05, 0) is 32.1 Å². The average Bonchev–Trinajstić information content (AvgIpc) is 2.98. The van der Waals surface area contributed by atoms with Crippen LogP contribution in [0.15, 0.2) is 0 Å². The summed E-state index contributed by atoms with van der Waals surface area (Å²) in [6.45, 7) is 3.69. The number of rotatable bonds is 3. The van der Waals surface area contributed by atoms with Gasteiger partial charge in [0.25, 0.3) is 0 Å². The van der Waals surface area contributed by atoms with E-state index in [-0.39, 0.29) is 5.92 Å². The Kier molecular flexibility index (Phi) is 3.13. The van der Waals surface area contributed by atoms with Crippen molar-refractivity contribution in [2.45, 2.75) is 38.0 Å². The van der Waals surface area contributed by atoms with Gasteiger partial charge in [0, 0.05) is 43.6 Å². The normalized spacial score (nSPS) is 26.5. The summed E-state index contributed by atoms with van der Waals surface area (Å²) in [7, 11) is 0. The Bertz CT molecular complexity index is 507. The maximum absolute atomic E-state index is 12.4. The molecule has 1 amide bonds. The van der Waals surface area contributed by atoms with E-state index in [9.17, 15) is 4.79 Å². The standard InChI is InChI=1S/C14H20N4OS/c19-13(17-6-1-2-7-17)11-5-8-18(9-11)14-15-12(16-20-14)10-3-4-10/h10-11H,1-9H2. The molecule has 0 N–H and O–H groups in total. The molecule has 0 aromatic carbocycles. The predicted octanol–water partition coefficient (Wildman–Crippen LogP) is 1.86. The Balaban J connectivity index is 1.40. The number of amides is 1. The maximum Gasteiger partial charge on any atom is 0.227 e. The average molecular weight is 292 g/mol. The minimum atomic E-state index is 0.168. The number of carbonyl (C=O) groups is 1. The lowest BCUT2D eigenvalue weighted by atomic mass is 10.1. The maximum atomic E-state index is 12.4. The van der Waals surface area contributed by atoms with E-state index in [0.29, 0.717) is 11.8 Å². The van der Waals surface area contributed by atoms with Gasteiger partial charge in [-0.1, -0.05) is 0 Å². The van der Waals surface area contributed by atoms with E-state index in [1.807, 2.05) is 4.90 Å². The number of aromatic nitrogens is 2. The van der Waals surface area contributed by atoms with Gasteiger partial charge >= 0.3 is 0 Å². The molecule has 1 aromatic heterocycles. The van der Waals surface area contributed by atoms with E-state index in [0.717, 1.165) is 43.6 Å². The summed E-state index contributed by atoms with van der Waals surface area (Å²) in [5, 5.41) is 1.02. The lowest BCUT2D eigenvalue weighted by Crippen LogP contribution is -2.35. The van der Waals surface area contributed by atoms with Crippen molar-refractivity contribution in [2.75, 3.05) is 31.1 Å². The van der Waals surface area contributed by atoms with Gasteiger partial charge in [0.1, 0.15) is 5.82 Å². The fourth-order valence-corrected chi connectivity index (χ4v) is 3.97. The zero-order chi connectivity index (χ0) is 13.5. The van der Waals surface area contributed by atoms with Crippen molar-refractivity contribution in [1.29, 1.82) is 0 Å². The molecule has 2 saturated heterocycles. The summed E-state index contributed by atoms with van der Waals surface area (Å²) >= 11 is 1.50. The molecular formula is C14H20N4OS. The van der Waals surface area contributed by atoms with Crippen LogP contribution in [-0.2, 0) is 4.79 Å². The van der Waals surface area contributed by atoms with Gasteiger partial charge in [0.15, 0.2) is 0 Å². The molecule has 3 aliphatic rings. The first-order valence-corrected chi connectivity index (χ1v) is 8.46. The molecule has 5 nitrogen and oxygen atoms in total. The first kappa shape index (κ1) is 12.6. The number of hydrogen-bond acceptors (Lipinski definition) is 5. The van der Waals surface area contributed by atoms with Crippen molar-refractivity contribution in [3.05, 3.63) is 5.82 Å². The van der Waals surface area contributed by atoms with Crippen molar-refractivity contribution in [2.24, 2.45) is 5.92 Å². The SMILES string of the molecule is O=C(C1CCN(c2nc(C3CC3)ns2)C1)N1CCCC1. The monoisotopic (exact) mass is 292 g/mol. The van der Waals surface area contributed by atoms with Gasteiger partial charge in [0.2, 0.25) is 11.0 Å². The number of hydrogen-bond donors (Lipinski definition) is 0. The Morgan fingerprint density at radius 2 is 1.95 bits per heavy atom. The molecule has 1 unspecified atom stereocenters. The van der Waals surface area contributed by atoms with Crippen LogP contribution in [-0.4, -0.2) is 46.3 Å². The van der Waals surface area contributed by atoms with Crippen LogP contribution in [0.1, 0.15) is 43.8 Å². The molecule has 6 heteroatoms. The van der Waals surface area contributed by atoms with Crippen LogP contribution in [0.3, 0.4) is 0 Å². The van der Waals surface area contributed by atoms with Crippen LogP contribution in [0.4, 0.5) is 5.13 Å². The highest BCUT2D eigenvalue weighted by molar-refractivity contribution is 7.09. The van der Waals surface area contributed by atoms with Gasteiger partial charge in [-0.2, -0.15) is 4.37 Å². The minimum absolute atomic E-state index is 0.168. The highest BCUT2D eigenvalue weighted by Crippen LogP contribution is 2.40. The second-order valence-corrected chi connectivity index (χ2v) is 6.90. The Hall–Kier alpha value is -1.17. The van der Waals surface area contributed by atoms with E-state index in [2.05, 4.69) is 14.3 Å². The highest BCUT2D eigenvalue weighted by atomic mass is 32.1. The van der Waals surface area contributed by atoms with Crippen LogP contribution >= 0.6 is 11.5 Å². The lowest BCUT2D eigenvalue weighted by Gasteiger charge is -2.20. The Morgan fingerprint density at radius 3 is 2.70 bits per heavy atom. The molecule has 1 atom stereocenters. The van der Waals surface area contributed by atoms with Crippen LogP contribution < -0.4 is 4.90 Å². The van der Waals surface area contributed by atoms with Gasteiger partial charge in [0.05, 0.1) is 5.92 Å². The van der Waals surface area contributed by atoms with Crippen molar-refractivity contribution in [3.8, 4) is 0 Å². The zero-order valence-electron chi connectivity index (χ0n) is 11.6. The van der Waals surface area contributed by atoms with Crippen molar-refractivity contribution in [3.63, 3.8) is 0 Å². The van der Waals surface area contributed by atoms with Crippen LogP contribution in [0.5, 0.6) is 0 Å². The molecule has 0 radical (unpaired) electrons. The molecule has 2 aliphatic heterocycles. The number of anilines is 1. The minimum Gasteiger partial charge on any atom is -0.346 e. The predicted molar refractivity (Wildman–Crippen MR) is 78.0 cm³/mol. The molecular weight excluding hydrogens is 272 g/mol. The largest absolute Gasteiger partial charge is 0.346 e. The molecule has 0 spiro atoms. The second-order valence-electron chi connectivity index (χ2n) is 6.17. The Labute approximate surface area is 123 Å². The molecule has 20 heavy (non-hydrogen) atoms. The van der Waals surface area contributed by atoms with E-state index < -0.39 is 0 Å². The van der Waals surface area contributed by atoms with Crippen molar-refractivity contribution < 1.29 is 4.79 Å². The van der Waals surface area contributed by atoms with Gasteiger partial charge in [-0.15, -0.1) is 0 Å². The van der Waals surface area contributed by atoms with Crippen LogP contribution in [0.2, 0.25) is 0 Å². The quantitative estimate of drug-likeness (QED) is 0.853. The first-order valence-electron chi connectivity index (χ1n) is 7.68. The topological polar surface area (TPSA) is 49.3 Å². The van der Waals surface area contributed by atoms with E-state index in [4.69, 9.17) is 0 Å². The smallest absolute Gasteiger partial charge is 0.227 e. The summed E-state index contributed by atoms with van der Waals surface area (Å²) in [5.74, 6) is 2.17. The number of likely N-dealkylation sites (tertiary alicyclic amines) is 1. The fraction of sp³-hybridized carbons (Fsp3) is 0.786. The summed E-state index contributed by atoms with van der Waals surface area (Å²) in [4.78, 5) is 21.4. The number of carbonyl (C=O) groups excluding carboxylic acids is 1. The van der Waals surface area contributed by atoms with Gasteiger partial charge in [-0.25, -0.2) is 4.98 Å². The van der Waals surface area contributed by atoms with E-state index >= 15 is 0 Å². The first-order chi connectivity index (χ1) is 9.81. The third-order valence-electron chi connectivity index (χ3n) is 4.60. The molecule has 3 fully saturated rings. The molecule has 108 valence electrons. The van der Waals surface area contributed by atoms with Crippen molar-refractivity contribution in [1.82, 2.24) is 14.3 Å². The van der Waals surface area contributed by atoms with Crippen LogP contribution in [0, 0.1) is 5.92 Å². The fourth-order valence-electron chi connectivity index (χ4n) is 3.19.